The van der Waals surface area contributed by atoms with Gasteiger partial charge in [0.05, 0.1) is 11.0 Å². The van der Waals surface area contributed by atoms with Crippen molar-refractivity contribution in [3.8, 4) is 0 Å². The molecule has 2 N–H and O–H groups in total. The molecule has 1 aliphatic heterocycles. The van der Waals surface area contributed by atoms with Crippen molar-refractivity contribution in [2.45, 2.75) is 51.4 Å². The second-order valence-corrected chi connectivity index (χ2v) is 7.60. The van der Waals surface area contributed by atoms with E-state index in [0.29, 0.717) is 18.5 Å². The van der Waals surface area contributed by atoms with Crippen LogP contribution in [0.25, 0.3) is 0 Å². The Morgan fingerprint density at radius 3 is 2.39 bits per heavy atom. The Balaban J connectivity index is 2.36. The molecule has 5 heteroatoms. The first-order chi connectivity index (χ1) is 8.34. The van der Waals surface area contributed by atoms with Crippen molar-refractivity contribution in [3.05, 3.63) is 22.5 Å². The fraction of sp³-hybridized carbons (Fsp3) is 0.692. The van der Waals surface area contributed by atoms with Crippen molar-refractivity contribution >= 4 is 9.84 Å². The largest absolute Gasteiger partial charge is 0.386 e. The summed E-state index contributed by atoms with van der Waals surface area (Å²) < 4.78 is 24.1. The second kappa shape index (κ2) is 4.70. The molecule has 0 bridgehead atoms. The molecule has 102 valence electrons. The van der Waals surface area contributed by atoms with E-state index in [1.165, 1.54) is 0 Å². The first kappa shape index (κ1) is 13.6. The zero-order valence-electron chi connectivity index (χ0n) is 11.2. The van der Waals surface area contributed by atoms with Crippen molar-refractivity contribution < 1.29 is 13.5 Å². The molecular formula is C13H21NO3S. The number of aliphatic hydroxyl groups excluding tert-OH is 1. The third kappa shape index (κ3) is 2.21. The fourth-order valence-corrected chi connectivity index (χ4v) is 4.65. The molecule has 2 heterocycles. The maximum atomic E-state index is 12.0. The minimum atomic E-state index is -3.16. The van der Waals surface area contributed by atoms with E-state index in [2.05, 4.69) is 4.98 Å². The van der Waals surface area contributed by atoms with E-state index in [-0.39, 0.29) is 5.75 Å². The molecule has 4 nitrogen and oxygen atoms in total. The van der Waals surface area contributed by atoms with Gasteiger partial charge < -0.3 is 10.1 Å². The molecule has 18 heavy (non-hydrogen) atoms. The molecule has 1 aromatic heterocycles. The zero-order valence-corrected chi connectivity index (χ0v) is 12.0. The lowest BCUT2D eigenvalue weighted by atomic mass is 10.0. The molecule has 0 radical (unpaired) electrons. The molecule has 1 aliphatic rings. The van der Waals surface area contributed by atoms with E-state index in [1.807, 2.05) is 20.8 Å². The number of aromatic nitrogens is 1. The predicted molar refractivity (Wildman–Crippen MR) is 71.4 cm³/mol. The maximum Gasteiger partial charge on any atom is 0.156 e. The summed E-state index contributed by atoms with van der Waals surface area (Å²) in [6.07, 6.45) is 1.22. The monoisotopic (exact) mass is 271 g/mol. The molecule has 1 fully saturated rings. The maximum absolute atomic E-state index is 12.0. The van der Waals surface area contributed by atoms with Gasteiger partial charge in [-0.2, -0.15) is 0 Å². The topological polar surface area (TPSA) is 70.2 Å². The van der Waals surface area contributed by atoms with E-state index < -0.39 is 21.2 Å². The van der Waals surface area contributed by atoms with Crippen LogP contribution in [0.1, 0.15) is 47.9 Å². The average molecular weight is 271 g/mol. The lowest BCUT2D eigenvalue weighted by Crippen LogP contribution is -2.34. The number of aryl methyl sites for hydroxylation is 1. The van der Waals surface area contributed by atoms with Crippen LogP contribution in [-0.4, -0.2) is 29.5 Å². The van der Waals surface area contributed by atoms with Gasteiger partial charge in [0.2, 0.25) is 0 Å². The quantitative estimate of drug-likeness (QED) is 0.863. The summed E-state index contributed by atoms with van der Waals surface area (Å²) in [5.74, 6) is 0.201. The molecule has 2 atom stereocenters. The fourth-order valence-electron chi connectivity index (χ4n) is 2.69. The Kier molecular flexibility index (Phi) is 3.56. The number of hydrogen-bond acceptors (Lipinski definition) is 3. The van der Waals surface area contributed by atoms with Crippen molar-refractivity contribution in [1.82, 2.24) is 4.98 Å². The van der Waals surface area contributed by atoms with Crippen LogP contribution in [0.5, 0.6) is 0 Å². The summed E-state index contributed by atoms with van der Waals surface area (Å²) >= 11 is 0. The number of aliphatic hydroxyl groups is 1. The lowest BCUT2D eigenvalue weighted by Gasteiger charge is -2.26. The van der Waals surface area contributed by atoms with Gasteiger partial charge in [0, 0.05) is 11.4 Å². The summed E-state index contributed by atoms with van der Waals surface area (Å²) in [6.45, 7) is 5.84. The first-order valence-electron chi connectivity index (χ1n) is 6.40. The Morgan fingerprint density at radius 2 is 1.89 bits per heavy atom. The van der Waals surface area contributed by atoms with Crippen LogP contribution in [0.4, 0.5) is 0 Å². The van der Waals surface area contributed by atoms with E-state index in [9.17, 15) is 13.5 Å². The highest BCUT2D eigenvalue weighted by molar-refractivity contribution is 7.92. The van der Waals surface area contributed by atoms with Crippen LogP contribution in [-0.2, 0) is 9.84 Å². The molecule has 0 spiro atoms. The van der Waals surface area contributed by atoms with E-state index in [0.717, 1.165) is 23.2 Å². The lowest BCUT2D eigenvalue weighted by molar-refractivity contribution is 0.159. The van der Waals surface area contributed by atoms with Crippen molar-refractivity contribution in [2.24, 2.45) is 0 Å². The smallest absolute Gasteiger partial charge is 0.156 e. The summed E-state index contributed by atoms with van der Waals surface area (Å²) in [5.41, 5.74) is 3.73. The first-order valence-corrected chi connectivity index (χ1v) is 8.11. The van der Waals surface area contributed by atoms with Crippen molar-refractivity contribution in [3.63, 3.8) is 0 Å². The number of sulfone groups is 1. The van der Waals surface area contributed by atoms with Gasteiger partial charge in [-0.15, -0.1) is 0 Å². The number of hydrogen-bond donors (Lipinski definition) is 2. The van der Waals surface area contributed by atoms with Crippen LogP contribution in [0.15, 0.2) is 0 Å². The predicted octanol–water partition coefficient (Wildman–Crippen LogP) is 1.94. The minimum absolute atomic E-state index is 0.201. The van der Waals surface area contributed by atoms with Crippen molar-refractivity contribution in [2.75, 3.05) is 5.75 Å². The molecule has 0 aromatic carbocycles. The Morgan fingerprint density at radius 1 is 1.22 bits per heavy atom. The van der Waals surface area contributed by atoms with Crippen molar-refractivity contribution in [1.29, 1.82) is 0 Å². The molecule has 0 aliphatic carbocycles. The van der Waals surface area contributed by atoms with Gasteiger partial charge in [-0.3, -0.25) is 0 Å². The van der Waals surface area contributed by atoms with Gasteiger partial charge >= 0.3 is 0 Å². The summed E-state index contributed by atoms with van der Waals surface area (Å²) in [7, 11) is -3.16. The van der Waals surface area contributed by atoms with Crippen LogP contribution < -0.4 is 0 Å². The van der Waals surface area contributed by atoms with E-state index >= 15 is 0 Å². The average Bonchev–Trinajstić information content (AvgIpc) is 2.56. The standard InChI is InChI=1S/C13H21NO3S/c1-8-9(2)12(14-10(8)3)13(15)11-6-4-5-7-18(11,16)17/h11,13-15H,4-7H2,1-3H3. The summed E-state index contributed by atoms with van der Waals surface area (Å²) in [6, 6.07) is 0. The Labute approximate surface area is 108 Å². The summed E-state index contributed by atoms with van der Waals surface area (Å²) in [4.78, 5) is 3.13. The molecule has 0 amide bonds. The van der Waals surface area contributed by atoms with E-state index in [1.54, 1.807) is 0 Å². The highest BCUT2D eigenvalue weighted by atomic mass is 32.2. The van der Waals surface area contributed by atoms with Gasteiger partial charge in [0.1, 0.15) is 6.10 Å². The van der Waals surface area contributed by atoms with Crippen LogP contribution in [0.3, 0.4) is 0 Å². The SMILES string of the molecule is Cc1[nH]c(C(O)C2CCCCS2(=O)=O)c(C)c1C. The van der Waals surface area contributed by atoms with Crippen LogP contribution in [0, 0.1) is 20.8 Å². The number of H-pyrrole nitrogens is 1. The van der Waals surface area contributed by atoms with Crippen LogP contribution in [0.2, 0.25) is 0 Å². The Bertz CT molecular complexity index is 545. The number of aromatic amines is 1. The zero-order chi connectivity index (χ0) is 13.5. The van der Waals surface area contributed by atoms with E-state index in [4.69, 9.17) is 0 Å². The molecule has 1 aromatic rings. The third-order valence-electron chi connectivity index (χ3n) is 4.13. The van der Waals surface area contributed by atoms with Gasteiger partial charge in [-0.1, -0.05) is 6.42 Å². The molecular weight excluding hydrogens is 250 g/mol. The van der Waals surface area contributed by atoms with Gasteiger partial charge in [0.25, 0.3) is 0 Å². The molecule has 2 unspecified atom stereocenters. The normalized spacial score (nSPS) is 25.0. The highest BCUT2D eigenvalue weighted by Gasteiger charge is 2.36. The van der Waals surface area contributed by atoms with Gasteiger partial charge in [-0.05, 0) is 44.7 Å². The molecule has 2 rings (SSSR count). The third-order valence-corrected chi connectivity index (χ3v) is 6.40. The molecule has 0 saturated carbocycles. The summed E-state index contributed by atoms with van der Waals surface area (Å²) in [5, 5.41) is 9.74. The second-order valence-electron chi connectivity index (χ2n) is 5.26. The Hall–Kier alpha value is -0.810. The van der Waals surface area contributed by atoms with Crippen LogP contribution >= 0.6 is 0 Å². The van der Waals surface area contributed by atoms with Gasteiger partial charge in [0.15, 0.2) is 9.84 Å². The number of nitrogens with one attached hydrogen (secondary N) is 1. The minimum Gasteiger partial charge on any atom is -0.386 e. The molecule has 1 saturated heterocycles. The number of rotatable bonds is 2. The van der Waals surface area contributed by atoms with Gasteiger partial charge in [-0.25, -0.2) is 8.42 Å². The highest BCUT2D eigenvalue weighted by Crippen LogP contribution is 2.33.